The Kier molecular flexibility index (Phi) is 10.5. The number of nitrogens with two attached hydrogens (primary N) is 1. The first kappa shape index (κ1) is 27.5. The van der Waals surface area contributed by atoms with Crippen LogP contribution in [0.3, 0.4) is 0 Å². The maximum atomic E-state index is 13.2. The van der Waals surface area contributed by atoms with Crippen LogP contribution in [-0.2, 0) is 19.7 Å². The Bertz CT molecular complexity index is 1060. The van der Waals surface area contributed by atoms with Crippen molar-refractivity contribution < 1.29 is 16.8 Å². The van der Waals surface area contributed by atoms with Crippen LogP contribution in [-0.4, -0.2) is 40.0 Å². The third-order valence-corrected chi connectivity index (χ3v) is 9.85. The minimum atomic E-state index is -3.84. The van der Waals surface area contributed by atoms with Gasteiger partial charge in [-0.05, 0) is 25.0 Å². The van der Waals surface area contributed by atoms with Gasteiger partial charge in [-0.15, -0.1) is 0 Å². The molecule has 1 aliphatic rings. The van der Waals surface area contributed by atoms with Gasteiger partial charge >= 0.3 is 0 Å². The van der Waals surface area contributed by atoms with Crippen LogP contribution in [0.4, 0.5) is 0 Å². The number of fused-ring (bicyclic) bond motifs is 1. The summed E-state index contributed by atoms with van der Waals surface area (Å²) in [6, 6.07) is 2.61. The fourth-order valence-corrected chi connectivity index (χ4v) is 7.76. The topological polar surface area (TPSA) is 131 Å². The molecule has 1 aromatic rings. The van der Waals surface area contributed by atoms with Gasteiger partial charge in [0.1, 0.15) is 5.84 Å². The summed E-state index contributed by atoms with van der Waals surface area (Å²) in [5.74, 6) is -0.308. The molecule has 0 unspecified atom stereocenters. The van der Waals surface area contributed by atoms with Gasteiger partial charge in [0.25, 0.3) is 0 Å². The van der Waals surface area contributed by atoms with Gasteiger partial charge < -0.3 is 5.73 Å². The Labute approximate surface area is 199 Å². The second-order valence-corrected chi connectivity index (χ2v) is 13.0. The molecular formula is C24H39N3O4S2. The van der Waals surface area contributed by atoms with Crippen molar-refractivity contribution in [2.24, 2.45) is 10.7 Å². The van der Waals surface area contributed by atoms with Gasteiger partial charge in [-0.3, -0.25) is 5.41 Å². The minimum absolute atomic E-state index is 0.0471. The third kappa shape index (κ3) is 7.64. The zero-order valence-electron chi connectivity index (χ0n) is 20.0. The summed E-state index contributed by atoms with van der Waals surface area (Å²) in [7, 11) is -7.67. The molecule has 0 amide bonds. The summed E-state index contributed by atoms with van der Waals surface area (Å²) < 4.78 is 52.9. The molecule has 9 heteroatoms. The maximum absolute atomic E-state index is 13.2. The minimum Gasteiger partial charge on any atom is -0.383 e. The number of amidine groups is 2. The predicted molar refractivity (Wildman–Crippen MR) is 135 cm³/mol. The standard InChI is InChI=1S/C24H39N3O4S2/c1-3-5-7-9-11-13-15-32(28,29)21-17-19-20(24(26)27-23(19)25)18-22(21)33(30,31)16-14-12-10-8-6-4-2/h17-18H,3-16H2,1-2H3,(H3,25,26,27). The molecule has 0 aromatic heterocycles. The molecule has 1 aliphatic heterocycles. The number of nitrogens with zero attached hydrogens (tertiary/aromatic N) is 1. The van der Waals surface area contributed by atoms with Crippen LogP contribution in [0, 0.1) is 5.41 Å². The normalized spacial score (nSPS) is 13.9. The Morgan fingerprint density at radius 2 is 1.09 bits per heavy atom. The van der Waals surface area contributed by atoms with E-state index in [1.165, 1.54) is 12.1 Å². The van der Waals surface area contributed by atoms with E-state index in [1.807, 2.05) is 0 Å². The molecule has 0 radical (unpaired) electrons. The van der Waals surface area contributed by atoms with E-state index in [1.54, 1.807) is 0 Å². The lowest BCUT2D eigenvalue weighted by Crippen LogP contribution is -2.18. The van der Waals surface area contributed by atoms with E-state index < -0.39 is 19.7 Å². The number of rotatable bonds is 16. The highest BCUT2D eigenvalue weighted by Gasteiger charge is 2.31. The lowest BCUT2D eigenvalue weighted by Gasteiger charge is -2.14. The molecule has 3 N–H and O–H groups in total. The Morgan fingerprint density at radius 1 is 0.697 bits per heavy atom. The van der Waals surface area contributed by atoms with Crippen molar-refractivity contribution in [1.82, 2.24) is 0 Å². The SMILES string of the molecule is CCCCCCCCS(=O)(=O)c1cc2c(cc1S(=O)(=O)CCCCCCCC)C(N)=NC2=N. The molecule has 0 spiro atoms. The lowest BCUT2D eigenvalue weighted by molar-refractivity contribution is 0.572. The highest BCUT2D eigenvalue weighted by Crippen LogP contribution is 2.31. The van der Waals surface area contributed by atoms with Crippen molar-refractivity contribution in [1.29, 1.82) is 5.41 Å². The lowest BCUT2D eigenvalue weighted by atomic mass is 10.1. The van der Waals surface area contributed by atoms with E-state index in [9.17, 15) is 16.8 Å². The zero-order valence-corrected chi connectivity index (χ0v) is 21.7. The third-order valence-electron chi connectivity index (χ3n) is 6.05. The monoisotopic (exact) mass is 497 g/mol. The molecule has 0 atom stereocenters. The molecule has 33 heavy (non-hydrogen) atoms. The van der Waals surface area contributed by atoms with E-state index in [4.69, 9.17) is 11.1 Å². The van der Waals surface area contributed by atoms with Crippen LogP contribution >= 0.6 is 0 Å². The fraction of sp³-hybridized carbons (Fsp3) is 0.667. The fourth-order valence-electron chi connectivity index (χ4n) is 4.06. The molecule has 1 aromatic carbocycles. The van der Waals surface area contributed by atoms with Crippen LogP contribution in [0.2, 0.25) is 0 Å². The Morgan fingerprint density at radius 3 is 1.55 bits per heavy atom. The van der Waals surface area contributed by atoms with E-state index >= 15 is 0 Å². The van der Waals surface area contributed by atoms with Crippen LogP contribution in [0.5, 0.6) is 0 Å². The van der Waals surface area contributed by atoms with Crippen molar-refractivity contribution >= 4 is 31.3 Å². The van der Waals surface area contributed by atoms with Gasteiger partial charge in [0.2, 0.25) is 0 Å². The number of hydrogen-bond donors (Lipinski definition) is 2. The summed E-state index contributed by atoms with van der Waals surface area (Å²) in [6.45, 7) is 4.25. The average Bonchev–Trinajstić information content (AvgIpc) is 3.05. The Hall–Kier alpha value is -1.74. The second kappa shape index (κ2) is 12.6. The van der Waals surface area contributed by atoms with Gasteiger partial charge in [-0.1, -0.05) is 78.1 Å². The summed E-state index contributed by atoms with van der Waals surface area (Å²) >= 11 is 0. The number of benzene rings is 1. The highest BCUT2D eigenvalue weighted by atomic mass is 32.2. The van der Waals surface area contributed by atoms with E-state index in [0.717, 1.165) is 64.2 Å². The molecular weight excluding hydrogens is 458 g/mol. The Balaban J connectivity index is 2.26. The van der Waals surface area contributed by atoms with E-state index in [0.29, 0.717) is 18.4 Å². The summed E-state index contributed by atoms with van der Waals surface area (Å²) in [4.78, 5) is 3.49. The smallest absolute Gasteiger partial charge is 0.179 e. The maximum Gasteiger partial charge on any atom is 0.179 e. The summed E-state index contributed by atoms with van der Waals surface area (Å²) in [5.41, 5.74) is 6.47. The van der Waals surface area contributed by atoms with Crippen LogP contribution in [0.1, 0.15) is 102 Å². The molecule has 1 heterocycles. The molecule has 0 aliphatic carbocycles. The molecule has 0 bridgehead atoms. The van der Waals surface area contributed by atoms with Crippen molar-refractivity contribution in [2.75, 3.05) is 11.5 Å². The molecule has 7 nitrogen and oxygen atoms in total. The van der Waals surface area contributed by atoms with E-state index in [2.05, 4.69) is 18.8 Å². The van der Waals surface area contributed by atoms with Gasteiger partial charge in [-0.2, -0.15) is 0 Å². The van der Waals surface area contributed by atoms with Gasteiger partial charge in [0.05, 0.1) is 21.3 Å². The second-order valence-electron chi connectivity index (χ2n) is 8.86. The molecule has 2 rings (SSSR count). The number of unbranched alkanes of at least 4 members (excludes halogenated alkanes) is 10. The average molecular weight is 498 g/mol. The van der Waals surface area contributed by atoms with E-state index in [-0.39, 0.29) is 38.5 Å². The first-order chi connectivity index (χ1) is 15.6. The predicted octanol–water partition coefficient (Wildman–Crippen LogP) is 5.00. The van der Waals surface area contributed by atoms with Gasteiger partial charge in [0.15, 0.2) is 25.5 Å². The van der Waals surface area contributed by atoms with Gasteiger partial charge in [0, 0.05) is 11.1 Å². The van der Waals surface area contributed by atoms with Gasteiger partial charge in [-0.25, -0.2) is 21.8 Å². The van der Waals surface area contributed by atoms with Crippen molar-refractivity contribution in [3.8, 4) is 0 Å². The highest BCUT2D eigenvalue weighted by molar-refractivity contribution is 7.94. The zero-order chi connectivity index (χ0) is 24.5. The summed E-state index contributed by atoms with van der Waals surface area (Å²) in [6.07, 6.45) is 11.1. The first-order valence-electron chi connectivity index (χ1n) is 12.2. The van der Waals surface area contributed by atoms with Crippen LogP contribution < -0.4 is 5.73 Å². The molecule has 0 saturated carbocycles. The van der Waals surface area contributed by atoms with Crippen molar-refractivity contribution in [2.45, 2.75) is 101 Å². The number of sulfone groups is 2. The quantitative estimate of drug-likeness (QED) is 0.310. The summed E-state index contributed by atoms with van der Waals surface area (Å²) in [5, 5.41) is 8.00. The molecule has 0 fully saturated rings. The number of aliphatic imine (C=N–C) groups is 1. The van der Waals surface area contributed by atoms with Crippen LogP contribution in [0.15, 0.2) is 26.9 Å². The van der Waals surface area contributed by atoms with Crippen molar-refractivity contribution in [3.63, 3.8) is 0 Å². The van der Waals surface area contributed by atoms with Crippen molar-refractivity contribution in [3.05, 3.63) is 23.3 Å². The number of hydrogen-bond acceptors (Lipinski definition) is 6. The van der Waals surface area contributed by atoms with Crippen LogP contribution in [0.25, 0.3) is 0 Å². The number of nitrogens with one attached hydrogen (secondary N) is 1. The molecule has 186 valence electrons. The largest absolute Gasteiger partial charge is 0.383 e. The molecule has 0 saturated heterocycles. The first-order valence-corrected chi connectivity index (χ1v) is 15.5.